The molecular formula is C28H23FN4O3. The Kier molecular flexibility index (Phi) is 4.86. The molecule has 1 N–H and O–H groups in total. The van der Waals surface area contributed by atoms with E-state index in [1.54, 1.807) is 32.4 Å². The fourth-order valence-corrected chi connectivity index (χ4v) is 5.17. The van der Waals surface area contributed by atoms with Gasteiger partial charge in [-0.2, -0.15) is 0 Å². The Balaban J connectivity index is 1.84. The SMILES string of the molecule is COc1ccc([C@H]2Nc3ccccc3-n3c(-c4ccccc4F)c4c(=O)n(C)c(=O)n(C)c4c32)cc1. The molecule has 2 aromatic heterocycles. The number of anilines is 1. The maximum Gasteiger partial charge on any atom is 0.331 e. The van der Waals surface area contributed by atoms with Gasteiger partial charge in [0.25, 0.3) is 5.56 Å². The lowest BCUT2D eigenvalue weighted by Crippen LogP contribution is -2.37. The molecule has 3 heterocycles. The van der Waals surface area contributed by atoms with Gasteiger partial charge in [0.15, 0.2) is 0 Å². The first-order valence-electron chi connectivity index (χ1n) is 11.5. The molecule has 0 unspecified atom stereocenters. The largest absolute Gasteiger partial charge is 0.497 e. The minimum absolute atomic E-state index is 0.287. The Hall–Kier alpha value is -4.59. The van der Waals surface area contributed by atoms with Crippen LogP contribution in [0.15, 0.2) is 82.4 Å². The first kappa shape index (κ1) is 21.9. The van der Waals surface area contributed by atoms with Crippen molar-refractivity contribution in [1.29, 1.82) is 0 Å². The monoisotopic (exact) mass is 482 g/mol. The molecular weight excluding hydrogens is 459 g/mol. The number of hydrogen-bond acceptors (Lipinski definition) is 4. The summed E-state index contributed by atoms with van der Waals surface area (Å²) in [5.41, 5.74) is 3.42. The molecule has 0 saturated carbocycles. The van der Waals surface area contributed by atoms with Gasteiger partial charge in [-0.05, 0) is 42.0 Å². The van der Waals surface area contributed by atoms with Crippen molar-refractivity contribution in [2.24, 2.45) is 14.1 Å². The van der Waals surface area contributed by atoms with Crippen LogP contribution in [0.3, 0.4) is 0 Å². The Labute approximate surface area is 205 Å². The highest BCUT2D eigenvalue weighted by Gasteiger charge is 2.35. The molecule has 0 bridgehead atoms. The van der Waals surface area contributed by atoms with Crippen molar-refractivity contribution in [2.45, 2.75) is 6.04 Å². The van der Waals surface area contributed by atoms with E-state index in [9.17, 15) is 9.59 Å². The molecule has 1 aliphatic rings. The van der Waals surface area contributed by atoms with Crippen LogP contribution in [-0.2, 0) is 14.1 Å². The van der Waals surface area contributed by atoms with Crippen LogP contribution in [-0.4, -0.2) is 20.8 Å². The molecule has 1 aliphatic heterocycles. The normalized spacial score (nSPS) is 14.3. The minimum atomic E-state index is -0.473. The van der Waals surface area contributed by atoms with Crippen molar-refractivity contribution in [3.8, 4) is 22.7 Å². The van der Waals surface area contributed by atoms with Gasteiger partial charge in [-0.1, -0.05) is 36.4 Å². The Bertz CT molecular complexity index is 1780. The van der Waals surface area contributed by atoms with Crippen LogP contribution in [0.5, 0.6) is 5.75 Å². The molecule has 0 aliphatic carbocycles. The topological polar surface area (TPSA) is 70.2 Å². The average Bonchev–Trinajstić information content (AvgIpc) is 3.27. The number of nitrogens with zero attached hydrogens (tertiary/aromatic N) is 3. The van der Waals surface area contributed by atoms with Crippen molar-refractivity contribution in [1.82, 2.24) is 13.7 Å². The number of methoxy groups -OCH3 is 1. The number of aryl methyl sites for hydroxylation is 1. The van der Waals surface area contributed by atoms with E-state index < -0.39 is 23.1 Å². The average molecular weight is 483 g/mol. The summed E-state index contributed by atoms with van der Waals surface area (Å²) in [5.74, 6) is 0.260. The summed E-state index contributed by atoms with van der Waals surface area (Å²) in [7, 11) is 4.69. The summed E-state index contributed by atoms with van der Waals surface area (Å²) >= 11 is 0. The van der Waals surface area contributed by atoms with E-state index in [2.05, 4.69) is 5.32 Å². The maximum absolute atomic E-state index is 15.3. The van der Waals surface area contributed by atoms with E-state index in [1.165, 1.54) is 17.7 Å². The first-order valence-corrected chi connectivity index (χ1v) is 11.5. The summed E-state index contributed by atoms with van der Waals surface area (Å²) < 4.78 is 25.1. The Morgan fingerprint density at radius 3 is 2.31 bits per heavy atom. The molecule has 180 valence electrons. The molecule has 6 rings (SSSR count). The second-order valence-electron chi connectivity index (χ2n) is 8.85. The van der Waals surface area contributed by atoms with Crippen LogP contribution in [0.2, 0.25) is 0 Å². The lowest BCUT2D eigenvalue weighted by molar-refractivity contribution is 0.414. The van der Waals surface area contributed by atoms with Gasteiger partial charge in [0, 0.05) is 19.7 Å². The van der Waals surface area contributed by atoms with E-state index >= 15 is 4.39 Å². The van der Waals surface area contributed by atoms with Crippen LogP contribution < -0.4 is 21.3 Å². The number of nitrogens with one attached hydrogen (secondary N) is 1. The van der Waals surface area contributed by atoms with Crippen LogP contribution >= 0.6 is 0 Å². The van der Waals surface area contributed by atoms with Gasteiger partial charge >= 0.3 is 5.69 Å². The molecule has 8 heteroatoms. The van der Waals surface area contributed by atoms with Crippen LogP contribution in [0.1, 0.15) is 17.3 Å². The van der Waals surface area contributed by atoms with E-state index in [0.29, 0.717) is 22.7 Å². The summed E-state index contributed by atoms with van der Waals surface area (Å²) in [6, 6.07) is 21.3. The van der Waals surface area contributed by atoms with Gasteiger partial charge in [-0.15, -0.1) is 0 Å². The molecule has 3 aromatic carbocycles. The van der Waals surface area contributed by atoms with Crippen molar-refractivity contribution in [2.75, 3.05) is 12.4 Å². The third-order valence-electron chi connectivity index (χ3n) is 6.90. The predicted molar refractivity (Wildman–Crippen MR) is 138 cm³/mol. The fourth-order valence-electron chi connectivity index (χ4n) is 5.17. The second-order valence-corrected chi connectivity index (χ2v) is 8.85. The van der Waals surface area contributed by atoms with Gasteiger partial charge in [-0.25, -0.2) is 9.18 Å². The Morgan fingerprint density at radius 2 is 1.58 bits per heavy atom. The maximum atomic E-state index is 15.3. The number of benzene rings is 3. The molecule has 0 spiro atoms. The number of halogens is 1. The van der Waals surface area contributed by atoms with Crippen molar-refractivity contribution >= 4 is 16.6 Å². The van der Waals surface area contributed by atoms with Gasteiger partial charge in [0.2, 0.25) is 0 Å². The van der Waals surface area contributed by atoms with Crippen LogP contribution in [0, 0.1) is 5.82 Å². The lowest BCUT2D eigenvalue weighted by Gasteiger charge is -2.31. The van der Waals surface area contributed by atoms with E-state index in [0.717, 1.165) is 21.5 Å². The third kappa shape index (κ3) is 2.97. The molecule has 0 radical (unpaired) electrons. The molecule has 0 amide bonds. The fraction of sp³-hybridized carbons (Fsp3) is 0.143. The zero-order chi connectivity index (χ0) is 25.1. The first-order chi connectivity index (χ1) is 17.4. The highest BCUT2D eigenvalue weighted by molar-refractivity contribution is 5.99. The van der Waals surface area contributed by atoms with E-state index in [-0.39, 0.29) is 10.9 Å². The zero-order valence-corrected chi connectivity index (χ0v) is 19.9. The predicted octanol–water partition coefficient (Wildman–Crippen LogP) is 4.36. The van der Waals surface area contributed by atoms with E-state index in [4.69, 9.17) is 4.74 Å². The third-order valence-corrected chi connectivity index (χ3v) is 6.90. The molecule has 1 atom stereocenters. The molecule has 36 heavy (non-hydrogen) atoms. The number of aromatic nitrogens is 3. The van der Waals surface area contributed by atoms with Crippen molar-refractivity contribution in [3.63, 3.8) is 0 Å². The summed E-state index contributed by atoms with van der Waals surface area (Å²) in [6.45, 7) is 0. The van der Waals surface area contributed by atoms with Crippen LogP contribution in [0.25, 0.3) is 27.8 Å². The minimum Gasteiger partial charge on any atom is -0.497 e. The van der Waals surface area contributed by atoms with Crippen molar-refractivity contribution in [3.05, 3.63) is 111 Å². The highest BCUT2D eigenvalue weighted by atomic mass is 19.1. The number of rotatable bonds is 3. The summed E-state index contributed by atoms with van der Waals surface area (Å²) in [6.07, 6.45) is 0. The second kappa shape index (κ2) is 7.98. The van der Waals surface area contributed by atoms with Crippen molar-refractivity contribution < 1.29 is 9.13 Å². The highest BCUT2D eigenvalue weighted by Crippen LogP contribution is 2.45. The quantitative estimate of drug-likeness (QED) is 0.415. The lowest BCUT2D eigenvalue weighted by atomic mass is 9.99. The number of ether oxygens (including phenoxy) is 1. The van der Waals surface area contributed by atoms with E-state index in [1.807, 2.05) is 53.1 Å². The number of fused-ring (bicyclic) bond motifs is 5. The van der Waals surface area contributed by atoms with Gasteiger partial charge < -0.3 is 14.6 Å². The van der Waals surface area contributed by atoms with Gasteiger partial charge in [0.1, 0.15) is 11.6 Å². The number of hydrogen-bond donors (Lipinski definition) is 1. The smallest absolute Gasteiger partial charge is 0.331 e. The molecule has 7 nitrogen and oxygen atoms in total. The molecule has 0 fully saturated rings. The molecule has 0 saturated heterocycles. The Morgan fingerprint density at radius 1 is 0.889 bits per heavy atom. The molecule has 5 aromatic rings. The van der Waals surface area contributed by atoms with Gasteiger partial charge in [-0.3, -0.25) is 13.9 Å². The number of para-hydroxylation sites is 2. The van der Waals surface area contributed by atoms with Crippen LogP contribution in [0.4, 0.5) is 10.1 Å². The summed E-state index contributed by atoms with van der Waals surface area (Å²) in [4.78, 5) is 26.7. The summed E-state index contributed by atoms with van der Waals surface area (Å²) in [5, 5.41) is 3.87. The zero-order valence-electron chi connectivity index (χ0n) is 19.9. The van der Waals surface area contributed by atoms with Gasteiger partial charge in [0.05, 0.1) is 46.8 Å². The standard InChI is InChI=1S/C28H23FN4O3/c1-31-25-22(27(34)32(2)28(31)35)24(18-8-4-5-9-19(18)29)33-21-11-7-6-10-20(21)30-23(26(25)33)16-12-14-17(36-3)15-13-16/h4-15,23,30H,1-3H3/t23-/m1/s1.